The van der Waals surface area contributed by atoms with Gasteiger partial charge >= 0.3 is 0 Å². The van der Waals surface area contributed by atoms with E-state index in [4.69, 9.17) is 4.74 Å². The average Bonchev–Trinajstić information content (AvgIpc) is 2.25. The Balaban J connectivity index is 2.87. The molecule has 0 aliphatic rings. The summed E-state index contributed by atoms with van der Waals surface area (Å²) in [5.74, 6) is 1.61. The first-order chi connectivity index (χ1) is 7.19. The molecule has 0 unspecified atom stereocenters. The summed E-state index contributed by atoms with van der Waals surface area (Å²) in [7, 11) is 0. The fourth-order valence-corrected chi connectivity index (χ4v) is 1.76. The minimum absolute atomic E-state index is 0.597. The third-order valence-electron chi connectivity index (χ3n) is 2.59. The molecule has 0 aliphatic carbocycles. The molecule has 1 nitrogen and oxygen atoms in total. The van der Waals surface area contributed by atoms with Crippen molar-refractivity contribution >= 4 is 0 Å². The summed E-state index contributed by atoms with van der Waals surface area (Å²) >= 11 is 0. The highest BCUT2D eigenvalue weighted by Crippen LogP contribution is 2.24. The van der Waals surface area contributed by atoms with E-state index in [1.807, 2.05) is 0 Å². The van der Waals surface area contributed by atoms with Crippen LogP contribution in [0, 0.1) is 0 Å². The van der Waals surface area contributed by atoms with Crippen molar-refractivity contribution in [1.29, 1.82) is 0 Å². The van der Waals surface area contributed by atoms with Gasteiger partial charge < -0.3 is 4.74 Å². The molecular formula is C14H22O. The lowest BCUT2D eigenvalue weighted by Crippen LogP contribution is -1.99. The van der Waals surface area contributed by atoms with Gasteiger partial charge in [-0.2, -0.15) is 0 Å². The molecule has 0 saturated heterocycles. The Morgan fingerprint density at radius 3 is 2.47 bits per heavy atom. The second-order valence-electron chi connectivity index (χ2n) is 4.22. The molecule has 84 valence electrons. The molecule has 1 aromatic carbocycles. The summed E-state index contributed by atoms with van der Waals surface area (Å²) in [6, 6.07) is 6.48. The first-order valence-electron chi connectivity index (χ1n) is 5.94. The Kier molecular flexibility index (Phi) is 4.67. The van der Waals surface area contributed by atoms with Crippen molar-refractivity contribution in [2.75, 3.05) is 6.61 Å². The minimum Gasteiger partial charge on any atom is -0.494 e. The first-order valence-corrected chi connectivity index (χ1v) is 5.94. The van der Waals surface area contributed by atoms with Crippen LogP contribution in [-0.2, 0) is 6.42 Å². The highest BCUT2D eigenvalue weighted by molar-refractivity contribution is 5.37. The zero-order valence-corrected chi connectivity index (χ0v) is 10.3. The molecule has 1 aromatic rings. The van der Waals surface area contributed by atoms with E-state index in [1.54, 1.807) is 0 Å². The van der Waals surface area contributed by atoms with Crippen molar-refractivity contribution in [2.45, 2.75) is 46.5 Å². The van der Waals surface area contributed by atoms with E-state index >= 15 is 0 Å². The summed E-state index contributed by atoms with van der Waals surface area (Å²) < 4.78 is 5.63. The molecule has 0 N–H and O–H groups in total. The lowest BCUT2D eigenvalue weighted by molar-refractivity contribution is 0.317. The van der Waals surface area contributed by atoms with Crippen LogP contribution in [0.15, 0.2) is 18.2 Å². The molecule has 0 bridgehead atoms. The van der Waals surface area contributed by atoms with E-state index in [1.165, 1.54) is 11.1 Å². The third kappa shape index (κ3) is 3.26. The second kappa shape index (κ2) is 5.79. The summed E-state index contributed by atoms with van der Waals surface area (Å²) in [6.07, 6.45) is 2.14. The standard InChI is InChI=1S/C14H22O/c1-5-9-15-13-7-8-14(11(3)4)12(6-2)10-13/h7-8,10-11H,5-6,9H2,1-4H3. The highest BCUT2D eigenvalue weighted by Gasteiger charge is 2.06. The summed E-state index contributed by atoms with van der Waals surface area (Å²) in [5, 5.41) is 0. The van der Waals surface area contributed by atoms with Crippen LogP contribution in [-0.4, -0.2) is 6.61 Å². The fraction of sp³-hybridized carbons (Fsp3) is 0.571. The van der Waals surface area contributed by atoms with Crippen molar-refractivity contribution in [2.24, 2.45) is 0 Å². The smallest absolute Gasteiger partial charge is 0.119 e. The van der Waals surface area contributed by atoms with Gasteiger partial charge in [0.15, 0.2) is 0 Å². The minimum atomic E-state index is 0.597. The lowest BCUT2D eigenvalue weighted by atomic mass is 9.95. The maximum absolute atomic E-state index is 5.63. The Morgan fingerprint density at radius 1 is 1.20 bits per heavy atom. The van der Waals surface area contributed by atoms with E-state index < -0.39 is 0 Å². The molecule has 0 saturated carbocycles. The monoisotopic (exact) mass is 206 g/mol. The Labute approximate surface area is 93.5 Å². The van der Waals surface area contributed by atoms with Crippen LogP contribution in [0.3, 0.4) is 0 Å². The predicted molar refractivity (Wildman–Crippen MR) is 65.7 cm³/mol. The van der Waals surface area contributed by atoms with Gasteiger partial charge in [0.1, 0.15) is 5.75 Å². The molecule has 15 heavy (non-hydrogen) atoms. The van der Waals surface area contributed by atoms with Crippen LogP contribution >= 0.6 is 0 Å². The molecule has 0 atom stereocenters. The van der Waals surface area contributed by atoms with Gasteiger partial charge in [0.05, 0.1) is 6.61 Å². The molecule has 0 aromatic heterocycles. The molecule has 0 spiro atoms. The van der Waals surface area contributed by atoms with Gasteiger partial charge in [0.2, 0.25) is 0 Å². The van der Waals surface area contributed by atoms with E-state index in [2.05, 4.69) is 45.9 Å². The Bertz CT molecular complexity index is 302. The Morgan fingerprint density at radius 2 is 1.93 bits per heavy atom. The van der Waals surface area contributed by atoms with E-state index in [0.29, 0.717) is 5.92 Å². The number of hydrogen-bond acceptors (Lipinski definition) is 1. The number of hydrogen-bond donors (Lipinski definition) is 0. The molecule has 0 radical (unpaired) electrons. The molecular weight excluding hydrogens is 184 g/mol. The fourth-order valence-electron chi connectivity index (χ4n) is 1.76. The quantitative estimate of drug-likeness (QED) is 0.703. The number of rotatable bonds is 5. The number of benzene rings is 1. The maximum Gasteiger partial charge on any atom is 0.119 e. The van der Waals surface area contributed by atoms with Crippen LogP contribution in [0.5, 0.6) is 5.75 Å². The zero-order chi connectivity index (χ0) is 11.3. The molecule has 1 rings (SSSR count). The maximum atomic E-state index is 5.63. The first kappa shape index (κ1) is 12.1. The van der Waals surface area contributed by atoms with Gasteiger partial charge in [-0.15, -0.1) is 0 Å². The van der Waals surface area contributed by atoms with Gasteiger partial charge in [-0.05, 0) is 42.0 Å². The van der Waals surface area contributed by atoms with Crippen molar-refractivity contribution < 1.29 is 4.74 Å². The van der Waals surface area contributed by atoms with Crippen LogP contribution in [0.1, 0.15) is 51.2 Å². The lowest BCUT2D eigenvalue weighted by Gasteiger charge is -2.13. The van der Waals surface area contributed by atoms with Crippen LogP contribution < -0.4 is 4.74 Å². The van der Waals surface area contributed by atoms with Gasteiger partial charge in [-0.1, -0.05) is 33.8 Å². The van der Waals surface area contributed by atoms with E-state index in [-0.39, 0.29) is 0 Å². The van der Waals surface area contributed by atoms with Gasteiger partial charge in [0.25, 0.3) is 0 Å². The SMILES string of the molecule is CCCOc1ccc(C(C)C)c(CC)c1. The second-order valence-corrected chi connectivity index (χ2v) is 4.22. The Hall–Kier alpha value is -0.980. The van der Waals surface area contributed by atoms with Crippen molar-refractivity contribution in [3.05, 3.63) is 29.3 Å². The summed E-state index contributed by atoms with van der Waals surface area (Å²) in [6.45, 7) is 9.61. The van der Waals surface area contributed by atoms with Crippen molar-refractivity contribution in [3.8, 4) is 5.75 Å². The molecule has 0 aliphatic heterocycles. The van der Waals surface area contributed by atoms with Crippen molar-refractivity contribution in [1.82, 2.24) is 0 Å². The predicted octanol–water partition coefficient (Wildman–Crippen LogP) is 4.16. The van der Waals surface area contributed by atoms with Gasteiger partial charge in [-0.3, -0.25) is 0 Å². The zero-order valence-electron chi connectivity index (χ0n) is 10.3. The average molecular weight is 206 g/mol. The largest absolute Gasteiger partial charge is 0.494 e. The van der Waals surface area contributed by atoms with Gasteiger partial charge in [-0.25, -0.2) is 0 Å². The van der Waals surface area contributed by atoms with Crippen molar-refractivity contribution in [3.63, 3.8) is 0 Å². The number of aryl methyl sites for hydroxylation is 1. The molecule has 0 amide bonds. The third-order valence-corrected chi connectivity index (χ3v) is 2.59. The molecule has 0 heterocycles. The van der Waals surface area contributed by atoms with Crippen LogP contribution in [0.25, 0.3) is 0 Å². The topological polar surface area (TPSA) is 9.23 Å². The normalized spacial score (nSPS) is 10.7. The summed E-state index contributed by atoms with van der Waals surface area (Å²) in [4.78, 5) is 0. The van der Waals surface area contributed by atoms with Crippen LogP contribution in [0.4, 0.5) is 0 Å². The summed E-state index contributed by atoms with van der Waals surface area (Å²) in [5.41, 5.74) is 2.86. The van der Waals surface area contributed by atoms with Gasteiger partial charge in [0, 0.05) is 0 Å². The molecule has 0 fully saturated rings. The highest BCUT2D eigenvalue weighted by atomic mass is 16.5. The van der Waals surface area contributed by atoms with E-state index in [9.17, 15) is 0 Å². The number of ether oxygens (including phenoxy) is 1. The van der Waals surface area contributed by atoms with Crippen LogP contribution in [0.2, 0.25) is 0 Å². The van der Waals surface area contributed by atoms with E-state index in [0.717, 1.165) is 25.2 Å². The molecule has 1 heteroatoms.